The molecule has 2 aliphatic rings. The summed E-state index contributed by atoms with van der Waals surface area (Å²) in [5.74, 6) is 1.99. The second-order valence-corrected chi connectivity index (χ2v) is 9.27. The van der Waals surface area contributed by atoms with Gasteiger partial charge >= 0.3 is 5.97 Å². The van der Waals surface area contributed by atoms with E-state index in [4.69, 9.17) is 18.6 Å². The van der Waals surface area contributed by atoms with Crippen LogP contribution in [0.15, 0.2) is 55.8 Å². The van der Waals surface area contributed by atoms with E-state index in [0.717, 1.165) is 19.0 Å². The Morgan fingerprint density at radius 3 is 2.72 bits per heavy atom. The van der Waals surface area contributed by atoms with E-state index in [1.165, 1.54) is 11.3 Å². The summed E-state index contributed by atoms with van der Waals surface area (Å²) < 4.78 is 24.3. The molecule has 9 nitrogen and oxygen atoms in total. The Balaban J connectivity index is 1.66. The third-order valence-corrected chi connectivity index (χ3v) is 7.17. The zero-order chi connectivity index (χ0) is 25.4. The summed E-state index contributed by atoms with van der Waals surface area (Å²) in [5, 5.41) is 0. The molecule has 0 saturated heterocycles. The quantitative estimate of drug-likeness (QED) is 0.452. The van der Waals surface area contributed by atoms with E-state index in [-0.39, 0.29) is 19.0 Å². The van der Waals surface area contributed by atoms with Crippen LogP contribution in [0, 0.1) is 0 Å². The van der Waals surface area contributed by atoms with E-state index in [1.807, 2.05) is 18.2 Å². The first-order chi connectivity index (χ1) is 17.4. The van der Waals surface area contributed by atoms with Gasteiger partial charge in [0.2, 0.25) is 6.79 Å². The van der Waals surface area contributed by atoms with E-state index in [1.54, 1.807) is 36.6 Å². The number of nitrogens with zero attached hydrogens (tertiary/aromatic N) is 3. The molecular weight excluding hydrogens is 482 g/mol. The molecule has 5 rings (SSSR count). The molecule has 10 heteroatoms. The maximum absolute atomic E-state index is 13.7. The van der Waals surface area contributed by atoms with Crippen LogP contribution in [-0.4, -0.2) is 37.0 Å². The lowest BCUT2D eigenvalue weighted by Gasteiger charge is -2.24. The number of furan rings is 1. The van der Waals surface area contributed by atoms with Crippen LogP contribution in [0.5, 0.6) is 11.5 Å². The highest BCUT2D eigenvalue weighted by Crippen LogP contribution is 2.38. The Kier molecular flexibility index (Phi) is 6.44. The minimum atomic E-state index is -0.722. The largest absolute Gasteiger partial charge is 0.463 e. The van der Waals surface area contributed by atoms with Crippen molar-refractivity contribution in [2.45, 2.75) is 33.7 Å². The summed E-state index contributed by atoms with van der Waals surface area (Å²) in [4.78, 5) is 33.9. The van der Waals surface area contributed by atoms with E-state index >= 15 is 0 Å². The van der Waals surface area contributed by atoms with Gasteiger partial charge in [0.15, 0.2) is 22.2 Å². The fourth-order valence-electron chi connectivity index (χ4n) is 4.44. The molecule has 4 heterocycles. The molecule has 0 bridgehead atoms. The molecule has 2 aliphatic heterocycles. The number of allylic oxidation sites excluding steroid dienone is 1. The smallest absolute Gasteiger partial charge is 0.338 e. The number of thiazole rings is 1. The van der Waals surface area contributed by atoms with E-state index in [0.29, 0.717) is 43.4 Å². The van der Waals surface area contributed by atoms with Crippen molar-refractivity contribution in [3.63, 3.8) is 0 Å². The minimum Gasteiger partial charge on any atom is -0.463 e. The third kappa shape index (κ3) is 4.11. The van der Waals surface area contributed by atoms with Gasteiger partial charge in [-0.1, -0.05) is 17.4 Å². The van der Waals surface area contributed by atoms with Gasteiger partial charge < -0.3 is 23.5 Å². The van der Waals surface area contributed by atoms with Crippen molar-refractivity contribution in [1.29, 1.82) is 0 Å². The minimum absolute atomic E-state index is 0.125. The molecular formula is C26H27N3O6S. The number of aromatic nitrogens is 1. The highest BCUT2D eigenvalue weighted by atomic mass is 32.1. The van der Waals surface area contributed by atoms with E-state index in [2.05, 4.69) is 23.7 Å². The van der Waals surface area contributed by atoms with Gasteiger partial charge in [-0.2, -0.15) is 0 Å². The predicted molar refractivity (Wildman–Crippen MR) is 135 cm³/mol. The van der Waals surface area contributed by atoms with Gasteiger partial charge in [-0.25, -0.2) is 9.79 Å². The van der Waals surface area contributed by atoms with Crippen molar-refractivity contribution in [1.82, 2.24) is 4.57 Å². The normalized spacial score (nSPS) is 16.7. The molecule has 0 radical (unpaired) electrons. The number of benzene rings is 1. The van der Waals surface area contributed by atoms with Gasteiger partial charge in [0.05, 0.1) is 28.5 Å². The summed E-state index contributed by atoms with van der Waals surface area (Å²) in [6.07, 6.45) is 1.72. The van der Waals surface area contributed by atoms with Gasteiger partial charge in [-0.05, 0) is 51.5 Å². The molecule has 0 spiro atoms. The van der Waals surface area contributed by atoms with Gasteiger partial charge in [-0.3, -0.25) is 9.36 Å². The van der Waals surface area contributed by atoms with Gasteiger partial charge in [0.1, 0.15) is 5.76 Å². The summed E-state index contributed by atoms with van der Waals surface area (Å²) in [7, 11) is 0. The molecule has 0 unspecified atom stereocenters. The lowest BCUT2D eigenvalue weighted by atomic mass is 9.95. The number of esters is 1. The Morgan fingerprint density at radius 1 is 1.19 bits per heavy atom. The zero-order valence-corrected chi connectivity index (χ0v) is 21.4. The van der Waals surface area contributed by atoms with E-state index < -0.39 is 12.0 Å². The number of anilines is 1. The number of ether oxygens (including phenoxy) is 3. The van der Waals surface area contributed by atoms with Gasteiger partial charge in [-0.15, -0.1) is 0 Å². The monoisotopic (exact) mass is 509 g/mol. The standard InChI is InChI=1S/C26H27N3O6S/c1-5-28(6-2)21-11-9-17(35-21)13-20-24(30)29-23(16-8-10-18-19(12-16)34-14-33-18)22(25(31)32-7-3)15(4)27-26(29)36-20/h8-13,23H,5-7,14H2,1-4H3/b20-13+/t23-/m0/s1. The Bertz CT molecular complexity index is 1530. The van der Waals surface area contributed by atoms with Crippen LogP contribution in [0.4, 0.5) is 5.88 Å². The van der Waals surface area contributed by atoms with E-state index in [9.17, 15) is 9.59 Å². The van der Waals surface area contributed by atoms with Crippen molar-refractivity contribution in [2.24, 2.45) is 4.99 Å². The van der Waals surface area contributed by atoms with Crippen molar-refractivity contribution in [3.05, 3.63) is 72.6 Å². The average Bonchev–Trinajstić information content (AvgIpc) is 3.59. The van der Waals surface area contributed by atoms with Crippen LogP contribution < -0.4 is 29.3 Å². The maximum atomic E-state index is 13.7. The lowest BCUT2D eigenvalue weighted by Crippen LogP contribution is -2.39. The molecule has 0 N–H and O–H groups in total. The molecule has 188 valence electrons. The molecule has 0 saturated carbocycles. The summed E-state index contributed by atoms with van der Waals surface area (Å²) in [5.41, 5.74) is 1.25. The van der Waals surface area contributed by atoms with Crippen LogP contribution in [-0.2, 0) is 9.53 Å². The predicted octanol–water partition coefficient (Wildman–Crippen LogP) is 2.97. The number of hydrogen-bond acceptors (Lipinski definition) is 9. The average molecular weight is 510 g/mol. The molecule has 0 amide bonds. The molecule has 0 aliphatic carbocycles. The molecule has 36 heavy (non-hydrogen) atoms. The second-order valence-electron chi connectivity index (χ2n) is 8.26. The van der Waals surface area contributed by atoms with Crippen LogP contribution in [0.1, 0.15) is 45.1 Å². The van der Waals surface area contributed by atoms with Crippen LogP contribution in [0.3, 0.4) is 0 Å². The van der Waals surface area contributed by atoms with Crippen molar-refractivity contribution < 1.29 is 23.4 Å². The van der Waals surface area contributed by atoms with Crippen molar-refractivity contribution in [2.75, 3.05) is 31.4 Å². The highest BCUT2D eigenvalue weighted by molar-refractivity contribution is 7.07. The highest BCUT2D eigenvalue weighted by Gasteiger charge is 2.34. The lowest BCUT2D eigenvalue weighted by molar-refractivity contribution is -0.139. The third-order valence-electron chi connectivity index (χ3n) is 6.19. The zero-order valence-electron chi connectivity index (χ0n) is 20.6. The summed E-state index contributed by atoms with van der Waals surface area (Å²) in [6, 6.07) is 8.43. The molecule has 1 atom stereocenters. The maximum Gasteiger partial charge on any atom is 0.338 e. The number of carbonyl (C=O) groups excluding carboxylic acids is 1. The van der Waals surface area contributed by atoms with Gasteiger partial charge in [0, 0.05) is 25.2 Å². The fraction of sp³-hybridized carbons (Fsp3) is 0.346. The molecule has 1 aromatic carbocycles. The number of hydrogen-bond donors (Lipinski definition) is 0. The van der Waals surface area contributed by atoms with Crippen molar-refractivity contribution in [3.8, 4) is 11.5 Å². The van der Waals surface area contributed by atoms with Crippen LogP contribution in [0.25, 0.3) is 6.08 Å². The molecule has 0 fully saturated rings. The first-order valence-electron chi connectivity index (χ1n) is 11.9. The second kappa shape index (κ2) is 9.69. The summed E-state index contributed by atoms with van der Waals surface area (Å²) >= 11 is 1.25. The van der Waals surface area contributed by atoms with Gasteiger partial charge in [0.25, 0.3) is 5.56 Å². The fourth-order valence-corrected chi connectivity index (χ4v) is 5.47. The number of rotatable bonds is 7. The topological polar surface area (TPSA) is 95.5 Å². The van der Waals surface area contributed by atoms with Crippen LogP contribution >= 0.6 is 11.3 Å². The first kappa shape index (κ1) is 23.9. The Labute approximate surface area is 211 Å². The van der Waals surface area contributed by atoms with Crippen LogP contribution in [0.2, 0.25) is 0 Å². The summed E-state index contributed by atoms with van der Waals surface area (Å²) in [6.45, 7) is 9.59. The number of carbonyl (C=O) groups is 1. The Morgan fingerprint density at radius 2 is 1.97 bits per heavy atom. The number of fused-ring (bicyclic) bond motifs is 2. The molecule has 2 aromatic heterocycles. The molecule has 3 aromatic rings. The van der Waals surface area contributed by atoms with Crippen molar-refractivity contribution >= 4 is 29.3 Å². The Hall–Kier alpha value is -3.79. The first-order valence-corrected chi connectivity index (χ1v) is 12.7. The SMILES string of the molecule is CCOC(=O)C1=C(C)N=c2s/c(=C/c3ccc(N(CC)CC)o3)c(=O)n2[C@H]1c1ccc2c(c1)OCO2.